The number of benzene rings is 1. The molecule has 1 aromatic carbocycles. The van der Waals surface area contributed by atoms with Crippen molar-refractivity contribution in [1.29, 1.82) is 0 Å². The first-order chi connectivity index (χ1) is 10.5. The topological polar surface area (TPSA) is 68.3 Å². The normalized spacial score (nSPS) is 10.1. The summed E-state index contributed by atoms with van der Waals surface area (Å²) >= 11 is 5.62. The summed E-state index contributed by atoms with van der Waals surface area (Å²) in [6, 6.07) is 5.53. The number of rotatable bonds is 4. The van der Waals surface area contributed by atoms with Crippen LogP contribution in [0.5, 0.6) is 0 Å². The number of nitrogens with one attached hydrogen (secondary N) is 1. The average Bonchev–Trinajstić information content (AvgIpc) is 2.48. The Balaban J connectivity index is 1.90. The number of amides is 1. The second-order valence-electron chi connectivity index (χ2n) is 4.12. The lowest BCUT2D eigenvalue weighted by molar-refractivity contribution is -0.119. The predicted octanol–water partition coefficient (Wildman–Crippen LogP) is 2.81. The molecule has 0 radical (unpaired) electrons. The third-order valence-electron chi connectivity index (χ3n) is 2.50. The first kappa shape index (κ1) is 15.8. The molecule has 1 heterocycles. The number of esters is 1. The van der Waals surface area contributed by atoms with Crippen molar-refractivity contribution in [3.63, 3.8) is 0 Å². The number of carbonyl (C=O) groups is 2. The highest BCUT2D eigenvalue weighted by molar-refractivity contribution is 6.29. The Bertz CT molecular complexity index is 725. The van der Waals surface area contributed by atoms with Crippen molar-refractivity contribution in [2.24, 2.45) is 0 Å². The van der Waals surface area contributed by atoms with E-state index in [1.165, 1.54) is 24.4 Å². The molecule has 1 N–H and O–H groups in total. The van der Waals surface area contributed by atoms with Gasteiger partial charge in [-0.2, -0.15) is 0 Å². The standard InChI is InChI=1S/C14H9ClF2N2O3/c15-12-5-8(3-4-18-12)14(21)22-7-13(20)19-9-1-2-10(16)11(17)6-9/h1-6H,7H2,(H,19,20). The molecule has 1 amide bonds. The number of hydrogen-bond acceptors (Lipinski definition) is 4. The Morgan fingerprint density at radius 3 is 2.64 bits per heavy atom. The quantitative estimate of drug-likeness (QED) is 0.693. The second-order valence-corrected chi connectivity index (χ2v) is 4.51. The molecule has 0 saturated heterocycles. The monoisotopic (exact) mass is 326 g/mol. The molecule has 0 unspecified atom stereocenters. The minimum Gasteiger partial charge on any atom is -0.452 e. The third kappa shape index (κ3) is 4.23. The van der Waals surface area contributed by atoms with Crippen LogP contribution in [-0.4, -0.2) is 23.5 Å². The van der Waals surface area contributed by atoms with Crippen molar-refractivity contribution >= 4 is 29.2 Å². The van der Waals surface area contributed by atoms with Crippen molar-refractivity contribution in [2.45, 2.75) is 0 Å². The van der Waals surface area contributed by atoms with Crippen LogP contribution in [0.2, 0.25) is 5.15 Å². The maximum absolute atomic E-state index is 13.0. The van der Waals surface area contributed by atoms with Crippen molar-refractivity contribution in [1.82, 2.24) is 4.98 Å². The summed E-state index contributed by atoms with van der Waals surface area (Å²) < 4.78 is 30.5. The molecule has 0 aliphatic carbocycles. The number of ether oxygens (including phenoxy) is 1. The molecular weight excluding hydrogens is 318 g/mol. The maximum Gasteiger partial charge on any atom is 0.338 e. The zero-order chi connectivity index (χ0) is 16.1. The number of aromatic nitrogens is 1. The van der Waals surface area contributed by atoms with E-state index < -0.39 is 30.1 Å². The van der Waals surface area contributed by atoms with Crippen LogP contribution in [-0.2, 0) is 9.53 Å². The van der Waals surface area contributed by atoms with E-state index in [4.69, 9.17) is 16.3 Å². The van der Waals surface area contributed by atoms with Gasteiger partial charge in [-0.05, 0) is 24.3 Å². The Hall–Kier alpha value is -2.54. The molecular formula is C14H9ClF2N2O3. The van der Waals surface area contributed by atoms with Gasteiger partial charge in [-0.25, -0.2) is 18.6 Å². The number of anilines is 1. The summed E-state index contributed by atoms with van der Waals surface area (Å²) in [6.07, 6.45) is 1.32. The summed E-state index contributed by atoms with van der Waals surface area (Å²) in [6.45, 7) is -0.586. The van der Waals surface area contributed by atoms with Crippen molar-refractivity contribution in [2.75, 3.05) is 11.9 Å². The Labute approximate surface area is 128 Å². The van der Waals surface area contributed by atoms with E-state index >= 15 is 0 Å². The lowest BCUT2D eigenvalue weighted by Crippen LogP contribution is -2.21. The molecule has 0 bridgehead atoms. The number of hydrogen-bond donors (Lipinski definition) is 1. The van der Waals surface area contributed by atoms with Crippen LogP contribution >= 0.6 is 11.6 Å². The first-order valence-electron chi connectivity index (χ1n) is 5.99. The molecule has 0 atom stereocenters. The van der Waals surface area contributed by atoms with Gasteiger partial charge in [0.15, 0.2) is 18.2 Å². The summed E-state index contributed by atoms with van der Waals surface area (Å²) in [5.74, 6) is -3.58. The molecule has 114 valence electrons. The average molecular weight is 327 g/mol. The highest BCUT2D eigenvalue weighted by Gasteiger charge is 2.12. The van der Waals surface area contributed by atoms with Gasteiger partial charge in [-0.15, -0.1) is 0 Å². The lowest BCUT2D eigenvalue weighted by atomic mass is 10.3. The van der Waals surface area contributed by atoms with Crippen LogP contribution < -0.4 is 5.32 Å². The number of nitrogens with zero attached hydrogens (tertiary/aromatic N) is 1. The summed E-state index contributed by atoms with van der Waals surface area (Å²) in [4.78, 5) is 26.9. The van der Waals surface area contributed by atoms with E-state index in [0.717, 1.165) is 12.1 Å². The van der Waals surface area contributed by atoms with Crippen molar-refractivity contribution in [3.8, 4) is 0 Å². The van der Waals surface area contributed by atoms with Gasteiger partial charge in [0.2, 0.25) is 0 Å². The van der Waals surface area contributed by atoms with Gasteiger partial charge in [0, 0.05) is 18.0 Å². The SMILES string of the molecule is O=C(COC(=O)c1ccnc(Cl)c1)Nc1ccc(F)c(F)c1. The van der Waals surface area contributed by atoms with E-state index in [-0.39, 0.29) is 16.4 Å². The molecule has 2 rings (SSSR count). The largest absolute Gasteiger partial charge is 0.452 e. The van der Waals surface area contributed by atoms with Gasteiger partial charge < -0.3 is 10.1 Å². The van der Waals surface area contributed by atoms with Crippen molar-refractivity contribution < 1.29 is 23.1 Å². The van der Waals surface area contributed by atoms with Crippen LogP contribution in [0.15, 0.2) is 36.5 Å². The molecule has 0 aliphatic heterocycles. The Morgan fingerprint density at radius 2 is 1.95 bits per heavy atom. The number of halogens is 3. The predicted molar refractivity (Wildman–Crippen MR) is 74.5 cm³/mol. The molecule has 1 aromatic heterocycles. The minimum absolute atomic E-state index is 0.0481. The summed E-state index contributed by atoms with van der Waals surface area (Å²) in [7, 11) is 0. The van der Waals surface area contributed by atoms with Crippen LogP contribution in [0.1, 0.15) is 10.4 Å². The maximum atomic E-state index is 13.0. The summed E-state index contributed by atoms with van der Waals surface area (Å²) in [5, 5.41) is 2.38. The van der Waals surface area contributed by atoms with E-state index in [9.17, 15) is 18.4 Å². The molecule has 22 heavy (non-hydrogen) atoms. The zero-order valence-corrected chi connectivity index (χ0v) is 11.7. The van der Waals surface area contributed by atoms with E-state index in [1.807, 2.05) is 0 Å². The van der Waals surface area contributed by atoms with E-state index in [2.05, 4.69) is 10.3 Å². The third-order valence-corrected chi connectivity index (χ3v) is 2.71. The first-order valence-corrected chi connectivity index (χ1v) is 6.37. The second kappa shape index (κ2) is 6.95. The van der Waals surface area contributed by atoms with Crippen LogP contribution in [0.25, 0.3) is 0 Å². The van der Waals surface area contributed by atoms with E-state index in [0.29, 0.717) is 0 Å². The molecule has 5 nitrogen and oxygen atoms in total. The van der Waals surface area contributed by atoms with Gasteiger partial charge >= 0.3 is 5.97 Å². The van der Waals surface area contributed by atoms with Gasteiger partial charge in [-0.1, -0.05) is 11.6 Å². The highest BCUT2D eigenvalue weighted by Crippen LogP contribution is 2.13. The fourth-order valence-corrected chi connectivity index (χ4v) is 1.69. The molecule has 2 aromatic rings. The minimum atomic E-state index is -1.10. The molecule has 8 heteroatoms. The smallest absolute Gasteiger partial charge is 0.338 e. The fourth-order valence-electron chi connectivity index (χ4n) is 1.51. The molecule has 0 fully saturated rings. The van der Waals surface area contributed by atoms with Gasteiger partial charge in [-0.3, -0.25) is 4.79 Å². The number of carbonyl (C=O) groups excluding carboxylic acids is 2. The van der Waals surface area contributed by atoms with E-state index in [1.54, 1.807) is 0 Å². The lowest BCUT2D eigenvalue weighted by Gasteiger charge is -2.07. The molecule has 0 saturated carbocycles. The Morgan fingerprint density at radius 1 is 1.18 bits per heavy atom. The highest BCUT2D eigenvalue weighted by atomic mass is 35.5. The van der Waals surface area contributed by atoms with Crippen molar-refractivity contribution in [3.05, 3.63) is 58.9 Å². The van der Waals surface area contributed by atoms with Gasteiger partial charge in [0.1, 0.15) is 5.15 Å². The van der Waals surface area contributed by atoms with Crippen LogP contribution in [0.4, 0.5) is 14.5 Å². The van der Waals surface area contributed by atoms with Gasteiger partial charge in [0.05, 0.1) is 5.56 Å². The Kier molecular flexibility index (Phi) is 5.00. The van der Waals surface area contributed by atoms with Crippen LogP contribution in [0.3, 0.4) is 0 Å². The molecule has 0 spiro atoms. The number of pyridine rings is 1. The summed E-state index contributed by atoms with van der Waals surface area (Å²) in [5.41, 5.74) is 0.188. The van der Waals surface area contributed by atoms with Crippen LogP contribution in [0, 0.1) is 11.6 Å². The fraction of sp³-hybridized carbons (Fsp3) is 0.0714. The molecule has 0 aliphatic rings. The zero-order valence-electron chi connectivity index (χ0n) is 11.0. The van der Waals surface area contributed by atoms with Gasteiger partial charge in [0.25, 0.3) is 5.91 Å².